The van der Waals surface area contributed by atoms with E-state index in [2.05, 4.69) is 28.3 Å². The molecule has 0 aliphatic carbocycles. The van der Waals surface area contributed by atoms with Crippen LogP contribution in [0, 0.1) is 0 Å². The van der Waals surface area contributed by atoms with E-state index in [0.29, 0.717) is 6.04 Å². The second-order valence-corrected chi connectivity index (χ2v) is 4.22. The van der Waals surface area contributed by atoms with Crippen molar-refractivity contribution in [2.24, 2.45) is 0 Å². The molecule has 2 rings (SSSR count). The van der Waals surface area contributed by atoms with Gasteiger partial charge in [0.15, 0.2) is 0 Å². The summed E-state index contributed by atoms with van der Waals surface area (Å²) < 4.78 is 0. The Morgan fingerprint density at radius 1 is 1.47 bits per heavy atom. The van der Waals surface area contributed by atoms with Gasteiger partial charge in [-0.3, -0.25) is 0 Å². The molecule has 1 atom stereocenters. The summed E-state index contributed by atoms with van der Waals surface area (Å²) in [5, 5.41) is 3.55. The van der Waals surface area contributed by atoms with Crippen LogP contribution in [0.1, 0.15) is 19.3 Å². The molecule has 1 N–H and O–H groups in total. The number of piperidine rings is 1. The fraction of sp³-hybridized carbons (Fsp3) is 0.583. The van der Waals surface area contributed by atoms with Crippen molar-refractivity contribution in [2.75, 3.05) is 25.0 Å². The SMILES string of the molecule is CN(C[C@@H]1CCCCN1)c1ccccn1. The second kappa shape index (κ2) is 5.12. The predicted octanol–water partition coefficient (Wildman–Crippen LogP) is 1.66. The lowest BCUT2D eigenvalue weighted by molar-refractivity contribution is 0.403. The fourth-order valence-electron chi connectivity index (χ4n) is 2.08. The third-order valence-corrected chi connectivity index (χ3v) is 2.95. The highest BCUT2D eigenvalue weighted by molar-refractivity contribution is 5.36. The van der Waals surface area contributed by atoms with Crippen molar-refractivity contribution in [1.29, 1.82) is 0 Å². The highest BCUT2D eigenvalue weighted by Crippen LogP contribution is 2.12. The maximum Gasteiger partial charge on any atom is 0.128 e. The summed E-state index contributed by atoms with van der Waals surface area (Å²) in [6.45, 7) is 2.22. The summed E-state index contributed by atoms with van der Waals surface area (Å²) in [7, 11) is 2.11. The zero-order valence-electron chi connectivity index (χ0n) is 9.32. The van der Waals surface area contributed by atoms with Crippen LogP contribution in [-0.4, -0.2) is 31.2 Å². The van der Waals surface area contributed by atoms with Gasteiger partial charge in [0, 0.05) is 25.8 Å². The maximum atomic E-state index is 4.34. The highest BCUT2D eigenvalue weighted by Gasteiger charge is 2.14. The molecule has 1 aromatic heterocycles. The number of nitrogens with one attached hydrogen (secondary N) is 1. The number of rotatable bonds is 3. The van der Waals surface area contributed by atoms with Crippen molar-refractivity contribution in [3.8, 4) is 0 Å². The number of aromatic nitrogens is 1. The first-order chi connectivity index (χ1) is 7.36. The Morgan fingerprint density at radius 3 is 3.07 bits per heavy atom. The molecular weight excluding hydrogens is 186 g/mol. The predicted molar refractivity (Wildman–Crippen MR) is 63.1 cm³/mol. The Hall–Kier alpha value is -1.09. The van der Waals surface area contributed by atoms with E-state index in [-0.39, 0.29) is 0 Å². The van der Waals surface area contributed by atoms with Crippen molar-refractivity contribution in [2.45, 2.75) is 25.3 Å². The summed E-state index contributed by atoms with van der Waals surface area (Å²) in [6.07, 6.45) is 5.81. The zero-order chi connectivity index (χ0) is 10.5. The molecule has 0 radical (unpaired) electrons. The van der Waals surface area contributed by atoms with Gasteiger partial charge in [0.2, 0.25) is 0 Å². The van der Waals surface area contributed by atoms with Crippen LogP contribution in [-0.2, 0) is 0 Å². The summed E-state index contributed by atoms with van der Waals surface area (Å²) >= 11 is 0. The minimum absolute atomic E-state index is 0.630. The third-order valence-electron chi connectivity index (χ3n) is 2.95. The normalized spacial score (nSPS) is 21.3. The van der Waals surface area contributed by atoms with Crippen LogP contribution in [0.3, 0.4) is 0 Å². The lowest BCUT2D eigenvalue weighted by Crippen LogP contribution is -2.42. The average Bonchev–Trinajstić information content (AvgIpc) is 2.31. The van der Waals surface area contributed by atoms with Gasteiger partial charge in [-0.2, -0.15) is 0 Å². The largest absolute Gasteiger partial charge is 0.358 e. The van der Waals surface area contributed by atoms with E-state index in [1.54, 1.807) is 0 Å². The number of hydrogen-bond acceptors (Lipinski definition) is 3. The molecule has 3 nitrogen and oxygen atoms in total. The molecule has 0 aromatic carbocycles. The lowest BCUT2D eigenvalue weighted by Gasteiger charge is -2.28. The van der Waals surface area contributed by atoms with E-state index >= 15 is 0 Å². The number of nitrogens with zero attached hydrogens (tertiary/aromatic N) is 2. The first kappa shape index (κ1) is 10.4. The molecule has 0 amide bonds. The van der Waals surface area contributed by atoms with Gasteiger partial charge in [0.25, 0.3) is 0 Å². The third kappa shape index (κ3) is 2.93. The minimum Gasteiger partial charge on any atom is -0.358 e. The molecule has 0 spiro atoms. The molecule has 15 heavy (non-hydrogen) atoms. The molecule has 1 saturated heterocycles. The van der Waals surface area contributed by atoms with Crippen LogP contribution < -0.4 is 10.2 Å². The van der Waals surface area contributed by atoms with Gasteiger partial charge in [0.05, 0.1) is 0 Å². The second-order valence-electron chi connectivity index (χ2n) is 4.22. The number of hydrogen-bond donors (Lipinski definition) is 1. The van der Waals surface area contributed by atoms with Crippen LogP contribution in [0.15, 0.2) is 24.4 Å². The molecule has 2 heterocycles. The van der Waals surface area contributed by atoms with Gasteiger partial charge < -0.3 is 10.2 Å². The van der Waals surface area contributed by atoms with E-state index in [9.17, 15) is 0 Å². The molecule has 1 aliphatic rings. The molecule has 1 aromatic rings. The average molecular weight is 205 g/mol. The Bertz CT molecular complexity index is 280. The molecule has 1 aliphatic heterocycles. The Balaban J connectivity index is 1.88. The van der Waals surface area contributed by atoms with E-state index in [4.69, 9.17) is 0 Å². The van der Waals surface area contributed by atoms with Crippen LogP contribution in [0.4, 0.5) is 5.82 Å². The molecule has 82 valence electrons. The molecular formula is C12H19N3. The van der Waals surface area contributed by atoms with Gasteiger partial charge in [-0.1, -0.05) is 12.5 Å². The van der Waals surface area contributed by atoms with Gasteiger partial charge in [0.1, 0.15) is 5.82 Å². The van der Waals surface area contributed by atoms with Gasteiger partial charge in [-0.05, 0) is 31.5 Å². The van der Waals surface area contributed by atoms with Crippen molar-refractivity contribution in [3.63, 3.8) is 0 Å². The zero-order valence-corrected chi connectivity index (χ0v) is 9.32. The Morgan fingerprint density at radius 2 is 2.40 bits per heavy atom. The van der Waals surface area contributed by atoms with Crippen LogP contribution in [0.5, 0.6) is 0 Å². The first-order valence-electron chi connectivity index (χ1n) is 5.72. The molecule has 0 unspecified atom stereocenters. The van der Waals surface area contributed by atoms with Gasteiger partial charge in [-0.25, -0.2) is 4.98 Å². The van der Waals surface area contributed by atoms with E-state index in [0.717, 1.165) is 12.4 Å². The topological polar surface area (TPSA) is 28.2 Å². The van der Waals surface area contributed by atoms with E-state index in [1.165, 1.54) is 25.8 Å². The van der Waals surface area contributed by atoms with Crippen molar-refractivity contribution >= 4 is 5.82 Å². The van der Waals surface area contributed by atoms with Crippen LogP contribution in [0.2, 0.25) is 0 Å². The summed E-state index contributed by atoms with van der Waals surface area (Å²) in [5.74, 6) is 1.06. The molecule has 0 saturated carbocycles. The van der Waals surface area contributed by atoms with Crippen molar-refractivity contribution < 1.29 is 0 Å². The number of pyridine rings is 1. The standard InChI is InChI=1S/C12H19N3/c1-15(12-7-3-5-9-14-12)10-11-6-2-4-8-13-11/h3,5,7,9,11,13H,2,4,6,8,10H2,1H3/t11-/m0/s1. The molecule has 0 bridgehead atoms. The quantitative estimate of drug-likeness (QED) is 0.813. The highest BCUT2D eigenvalue weighted by atomic mass is 15.2. The lowest BCUT2D eigenvalue weighted by atomic mass is 10.0. The Labute approximate surface area is 91.5 Å². The van der Waals surface area contributed by atoms with E-state index < -0.39 is 0 Å². The van der Waals surface area contributed by atoms with Crippen molar-refractivity contribution in [1.82, 2.24) is 10.3 Å². The summed E-state index contributed by atoms with van der Waals surface area (Å²) in [4.78, 5) is 6.57. The smallest absolute Gasteiger partial charge is 0.128 e. The van der Waals surface area contributed by atoms with Crippen LogP contribution in [0.25, 0.3) is 0 Å². The monoisotopic (exact) mass is 205 g/mol. The summed E-state index contributed by atoms with van der Waals surface area (Å²) in [6, 6.07) is 6.68. The maximum absolute atomic E-state index is 4.34. The number of likely N-dealkylation sites (N-methyl/N-ethyl adjacent to an activating group) is 1. The fourth-order valence-corrected chi connectivity index (χ4v) is 2.08. The number of anilines is 1. The van der Waals surface area contributed by atoms with Gasteiger partial charge >= 0.3 is 0 Å². The minimum atomic E-state index is 0.630. The molecule has 3 heteroatoms. The first-order valence-corrected chi connectivity index (χ1v) is 5.72. The van der Waals surface area contributed by atoms with Crippen molar-refractivity contribution in [3.05, 3.63) is 24.4 Å². The summed E-state index contributed by atoms with van der Waals surface area (Å²) in [5.41, 5.74) is 0. The Kier molecular flexibility index (Phi) is 3.56. The molecule has 1 fully saturated rings. The van der Waals surface area contributed by atoms with E-state index in [1.807, 2.05) is 18.3 Å². The van der Waals surface area contributed by atoms with Crippen LogP contribution >= 0.6 is 0 Å². The van der Waals surface area contributed by atoms with Gasteiger partial charge in [-0.15, -0.1) is 0 Å².